The summed E-state index contributed by atoms with van der Waals surface area (Å²) in [5.41, 5.74) is 2.59. The number of hydrogen-bond donors (Lipinski definition) is 1. The quantitative estimate of drug-likeness (QED) is 0.639. The molecule has 0 unspecified atom stereocenters. The molecule has 0 aliphatic carbocycles. The average Bonchev–Trinajstić information content (AvgIpc) is 2.39. The summed E-state index contributed by atoms with van der Waals surface area (Å²) in [6.45, 7) is 2.52. The maximum absolute atomic E-state index is 11.0. The van der Waals surface area contributed by atoms with Crippen LogP contribution in [0.4, 0.5) is 0 Å². The third-order valence-corrected chi connectivity index (χ3v) is 4.48. The van der Waals surface area contributed by atoms with Gasteiger partial charge in [-0.2, -0.15) is 0 Å². The number of carboxylic acid groups (broad SMARTS) is 1. The number of aryl methyl sites for hydroxylation is 1. The molecule has 104 valence electrons. The van der Waals surface area contributed by atoms with Gasteiger partial charge in [-0.15, -0.1) is 0 Å². The number of ether oxygens (including phenoxy) is 1. The molecule has 0 bridgehead atoms. The van der Waals surface area contributed by atoms with E-state index in [-0.39, 0.29) is 5.56 Å². The monoisotopic (exact) mass is 494 g/mol. The minimum absolute atomic E-state index is 0.280. The molecule has 0 aromatic heterocycles. The van der Waals surface area contributed by atoms with Crippen LogP contribution < -0.4 is 4.74 Å². The van der Waals surface area contributed by atoms with E-state index in [4.69, 9.17) is 9.84 Å². The van der Waals surface area contributed by atoms with Gasteiger partial charge in [-0.25, -0.2) is 4.79 Å². The molecule has 2 aromatic rings. The van der Waals surface area contributed by atoms with Gasteiger partial charge in [0.1, 0.15) is 12.4 Å². The molecular weight excluding hydrogens is 482 g/mol. The lowest BCUT2D eigenvalue weighted by molar-refractivity contribution is 0.0696. The van der Waals surface area contributed by atoms with Gasteiger partial charge in [0.15, 0.2) is 0 Å². The molecule has 0 radical (unpaired) electrons. The molecule has 2 rings (SSSR count). The van der Waals surface area contributed by atoms with Crippen molar-refractivity contribution in [2.45, 2.75) is 13.5 Å². The SMILES string of the molecule is Cc1ccccc1COc1c(I)cc(C(=O)O)cc1I. The van der Waals surface area contributed by atoms with Gasteiger partial charge >= 0.3 is 5.97 Å². The maximum atomic E-state index is 11.0. The Labute approximate surface area is 144 Å². The van der Waals surface area contributed by atoms with Crippen LogP contribution >= 0.6 is 45.2 Å². The van der Waals surface area contributed by atoms with Crippen LogP contribution in [0, 0.1) is 14.1 Å². The number of aromatic carboxylic acids is 1. The number of hydrogen-bond acceptors (Lipinski definition) is 2. The summed E-state index contributed by atoms with van der Waals surface area (Å²) in [6.07, 6.45) is 0. The minimum Gasteiger partial charge on any atom is -0.487 e. The van der Waals surface area contributed by atoms with Crippen LogP contribution in [0.15, 0.2) is 36.4 Å². The van der Waals surface area contributed by atoms with Crippen LogP contribution in [-0.2, 0) is 6.61 Å². The second-order valence-corrected chi connectivity index (χ2v) is 6.61. The molecule has 1 N–H and O–H groups in total. The van der Waals surface area contributed by atoms with E-state index in [1.165, 1.54) is 5.56 Å². The molecule has 5 heteroatoms. The van der Waals surface area contributed by atoms with E-state index in [2.05, 4.69) is 45.2 Å². The van der Waals surface area contributed by atoms with Crippen molar-refractivity contribution in [3.8, 4) is 5.75 Å². The predicted octanol–water partition coefficient (Wildman–Crippen LogP) is 4.48. The zero-order valence-electron chi connectivity index (χ0n) is 10.7. The molecule has 0 spiro atoms. The molecule has 0 saturated heterocycles. The van der Waals surface area contributed by atoms with Gasteiger partial charge in [-0.3, -0.25) is 0 Å². The van der Waals surface area contributed by atoms with Crippen LogP contribution in [0.2, 0.25) is 0 Å². The summed E-state index contributed by atoms with van der Waals surface area (Å²) in [5, 5.41) is 9.02. The van der Waals surface area contributed by atoms with E-state index in [1.54, 1.807) is 12.1 Å². The smallest absolute Gasteiger partial charge is 0.335 e. The van der Waals surface area contributed by atoms with Gasteiger partial charge in [-0.1, -0.05) is 24.3 Å². The Morgan fingerprint density at radius 2 is 1.80 bits per heavy atom. The molecule has 0 aliphatic rings. The molecule has 0 saturated carbocycles. The van der Waals surface area contributed by atoms with Crippen LogP contribution in [0.1, 0.15) is 21.5 Å². The van der Waals surface area contributed by atoms with Gasteiger partial charge in [0.2, 0.25) is 0 Å². The molecule has 20 heavy (non-hydrogen) atoms. The summed E-state index contributed by atoms with van der Waals surface area (Å²) in [7, 11) is 0. The molecule has 3 nitrogen and oxygen atoms in total. The fourth-order valence-corrected chi connectivity index (χ4v) is 3.82. The highest BCUT2D eigenvalue weighted by molar-refractivity contribution is 14.1. The third-order valence-electron chi connectivity index (χ3n) is 2.88. The standard InChI is InChI=1S/C15H12I2O3/c1-9-4-2-3-5-10(9)8-20-14-12(16)6-11(15(18)19)7-13(14)17/h2-7H,8H2,1H3,(H,18,19). The largest absolute Gasteiger partial charge is 0.487 e. The van der Waals surface area contributed by atoms with Crippen molar-refractivity contribution in [1.82, 2.24) is 0 Å². The first-order valence-electron chi connectivity index (χ1n) is 5.88. The maximum Gasteiger partial charge on any atom is 0.335 e. The van der Waals surface area contributed by atoms with Gasteiger partial charge < -0.3 is 9.84 Å². The summed E-state index contributed by atoms with van der Waals surface area (Å²) < 4.78 is 7.47. The van der Waals surface area contributed by atoms with Crippen LogP contribution in [0.3, 0.4) is 0 Å². The van der Waals surface area contributed by atoms with Crippen molar-refractivity contribution in [3.05, 3.63) is 60.2 Å². The van der Waals surface area contributed by atoms with Gasteiger partial charge in [-0.05, 0) is 75.4 Å². The Bertz CT molecular complexity index is 630. The molecule has 0 amide bonds. The zero-order valence-corrected chi connectivity index (χ0v) is 15.0. The summed E-state index contributed by atoms with van der Waals surface area (Å²) in [5.74, 6) is -0.189. The van der Waals surface area contributed by atoms with Crippen molar-refractivity contribution < 1.29 is 14.6 Å². The van der Waals surface area contributed by atoms with Crippen molar-refractivity contribution in [2.24, 2.45) is 0 Å². The Balaban J connectivity index is 2.22. The highest BCUT2D eigenvalue weighted by Crippen LogP contribution is 2.30. The van der Waals surface area contributed by atoms with Crippen molar-refractivity contribution in [3.63, 3.8) is 0 Å². The second kappa shape index (κ2) is 6.75. The molecule has 0 atom stereocenters. The number of carboxylic acids is 1. The average molecular weight is 494 g/mol. The topological polar surface area (TPSA) is 46.5 Å². The molecule has 0 aliphatic heterocycles. The van der Waals surface area contributed by atoms with E-state index in [0.717, 1.165) is 18.5 Å². The Morgan fingerprint density at radius 1 is 1.20 bits per heavy atom. The normalized spacial score (nSPS) is 10.3. The van der Waals surface area contributed by atoms with Crippen molar-refractivity contribution in [1.29, 1.82) is 0 Å². The number of halogens is 2. The summed E-state index contributed by atoms with van der Waals surface area (Å²) in [4.78, 5) is 11.0. The molecule has 0 fully saturated rings. The fourth-order valence-electron chi connectivity index (χ4n) is 1.74. The van der Waals surface area contributed by atoms with Crippen LogP contribution in [0.5, 0.6) is 5.75 Å². The van der Waals surface area contributed by atoms with Crippen molar-refractivity contribution in [2.75, 3.05) is 0 Å². The third kappa shape index (κ3) is 3.63. The fraction of sp³-hybridized carbons (Fsp3) is 0.133. The number of carbonyl (C=O) groups is 1. The lowest BCUT2D eigenvalue weighted by Crippen LogP contribution is -2.03. The summed E-state index contributed by atoms with van der Waals surface area (Å²) >= 11 is 4.21. The molecule has 0 heterocycles. The number of benzene rings is 2. The van der Waals surface area contributed by atoms with Crippen LogP contribution in [-0.4, -0.2) is 11.1 Å². The zero-order chi connectivity index (χ0) is 14.7. The van der Waals surface area contributed by atoms with Gasteiger partial charge in [0, 0.05) is 0 Å². The predicted molar refractivity (Wildman–Crippen MR) is 94.3 cm³/mol. The highest BCUT2D eigenvalue weighted by atomic mass is 127. The Morgan fingerprint density at radius 3 is 2.35 bits per heavy atom. The molecule has 2 aromatic carbocycles. The first-order valence-corrected chi connectivity index (χ1v) is 8.04. The van der Waals surface area contributed by atoms with Gasteiger partial charge in [0.25, 0.3) is 0 Å². The first kappa shape index (κ1) is 15.6. The number of rotatable bonds is 4. The van der Waals surface area contributed by atoms with Crippen LogP contribution in [0.25, 0.3) is 0 Å². The Kier molecular flexibility index (Phi) is 5.25. The minimum atomic E-state index is -0.925. The Hall–Kier alpha value is -0.830. The highest BCUT2D eigenvalue weighted by Gasteiger charge is 2.13. The van der Waals surface area contributed by atoms with E-state index >= 15 is 0 Å². The summed E-state index contributed by atoms with van der Waals surface area (Å²) in [6, 6.07) is 11.3. The first-order chi connectivity index (χ1) is 9.49. The van der Waals surface area contributed by atoms with Crippen molar-refractivity contribution >= 4 is 51.2 Å². The second-order valence-electron chi connectivity index (χ2n) is 4.29. The lowest BCUT2D eigenvalue weighted by atomic mass is 10.1. The van der Waals surface area contributed by atoms with E-state index in [1.807, 2.05) is 31.2 Å². The van der Waals surface area contributed by atoms with E-state index in [0.29, 0.717) is 6.61 Å². The van der Waals surface area contributed by atoms with E-state index < -0.39 is 5.97 Å². The lowest BCUT2D eigenvalue weighted by Gasteiger charge is -2.12. The van der Waals surface area contributed by atoms with E-state index in [9.17, 15) is 4.79 Å². The molecular formula is C15H12I2O3. The van der Waals surface area contributed by atoms with Gasteiger partial charge in [0.05, 0.1) is 12.7 Å².